The Kier molecular flexibility index (Phi) is 15.3. The third kappa shape index (κ3) is 22.7. The highest BCUT2D eigenvalue weighted by Gasteiger charge is 1.81. The molecule has 0 aromatic carbocycles. The lowest BCUT2D eigenvalue weighted by atomic mass is 10.2. The highest BCUT2D eigenvalue weighted by Crippen LogP contribution is 2.00. The molecule has 0 rings (SSSR count). The van der Waals surface area contributed by atoms with Crippen LogP contribution in [0.25, 0.3) is 0 Å². The van der Waals surface area contributed by atoms with Crippen LogP contribution >= 0.6 is 0 Å². The quantitative estimate of drug-likeness (QED) is 0.648. The predicted molar refractivity (Wildman–Crippen MR) is 52.4 cm³/mol. The van der Waals surface area contributed by atoms with E-state index in [0.29, 0.717) is 0 Å². The van der Waals surface area contributed by atoms with Crippen LogP contribution in [0.1, 0.15) is 59.3 Å². The van der Waals surface area contributed by atoms with Crippen LogP contribution in [0.4, 0.5) is 0 Å². The van der Waals surface area contributed by atoms with Gasteiger partial charge in [-0.05, 0) is 0 Å². The number of carboxylic acid groups (broad SMARTS) is 1. The lowest BCUT2D eigenvalue weighted by Gasteiger charge is -1.90. The molecule has 1 N–H and O–H groups in total. The molecule has 2 heteroatoms. The van der Waals surface area contributed by atoms with Gasteiger partial charge in [0, 0.05) is 6.42 Å². The molecule has 0 saturated heterocycles. The van der Waals surface area contributed by atoms with E-state index in [0.717, 1.165) is 0 Å². The van der Waals surface area contributed by atoms with Crippen LogP contribution < -0.4 is 0 Å². The highest BCUT2D eigenvalue weighted by atomic mass is 16.4. The lowest BCUT2D eigenvalue weighted by molar-refractivity contribution is -0.136. The third-order valence-electron chi connectivity index (χ3n) is 1.51. The Hall–Kier alpha value is -0.530. The summed E-state index contributed by atoms with van der Waals surface area (Å²) in [5.41, 5.74) is 0. The van der Waals surface area contributed by atoms with E-state index in [1.54, 1.807) is 6.92 Å². The van der Waals surface area contributed by atoms with Crippen molar-refractivity contribution in [1.82, 2.24) is 0 Å². The minimum Gasteiger partial charge on any atom is -0.481 e. The van der Waals surface area contributed by atoms with Gasteiger partial charge in [-0.2, -0.15) is 0 Å². The first-order valence-electron chi connectivity index (χ1n) is 4.90. The van der Waals surface area contributed by atoms with Crippen molar-refractivity contribution in [3.05, 3.63) is 0 Å². The van der Waals surface area contributed by atoms with E-state index in [2.05, 4.69) is 13.8 Å². The Morgan fingerprint density at radius 3 is 1.50 bits per heavy atom. The zero-order valence-corrected chi connectivity index (χ0v) is 8.60. The summed E-state index contributed by atoms with van der Waals surface area (Å²) in [6.07, 6.45) is 7.23. The minimum absolute atomic E-state index is 0.222. The van der Waals surface area contributed by atoms with Crippen LogP contribution in [-0.4, -0.2) is 11.1 Å². The van der Waals surface area contributed by atoms with Crippen molar-refractivity contribution in [1.29, 1.82) is 0 Å². The van der Waals surface area contributed by atoms with Gasteiger partial charge in [0.2, 0.25) is 0 Å². The second-order valence-electron chi connectivity index (χ2n) is 2.81. The van der Waals surface area contributed by atoms with Crippen LogP contribution in [0, 0.1) is 0 Å². The molecular formula is C10H22O2. The van der Waals surface area contributed by atoms with Crippen LogP contribution in [0.5, 0.6) is 0 Å². The topological polar surface area (TPSA) is 37.3 Å². The number of hydrogen-bond donors (Lipinski definition) is 1. The Bertz CT molecular complexity index is 85.8. The SMILES string of the molecule is CCC(=O)O.CCCCCCC. The average Bonchev–Trinajstić information content (AvgIpc) is 2.07. The van der Waals surface area contributed by atoms with Crippen molar-refractivity contribution in [3.63, 3.8) is 0 Å². The monoisotopic (exact) mass is 174 g/mol. The van der Waals surface area contributed by atoms with Gasteiger partial charge >= 0.3 is 5.97 Å². The van der Waals surface area contributed by atoms with Crippen molar-refractivity contribution in [2.75, 3.05) is 0 Å². The Morgan fingerprint density at radius 2 is 1.33 bits per heavy atom. The number of aliphatic carboxylic acids is 1. The van der Waals surface area contributed by atoms with Gasteiger partial charge in [0.15, 0.2) is 0 Å². The lowest BCUT2D eigenvalue weighted by Crippen LogP contribution is -1.86. The molecule has 2 nitrogen and oxygen atoms in total. The van der Waals surface area contributed by atoms with E-state index in [4.69, 9.17) is 5.11 Å². The maximum Gasteiger partial charge on any atom is 0.303 e. The molecule has 0 saturated carbocycles. The normalized spacial score (nSPS) is 8.58. The molecule has 12 heavy (non-hydrogen) atoms. The molecule has 0 aliphatic heterocycles. The number of carboxylic acids is 1. The second kappa shape index (κ2) is 13.1. The Labute approximate surface area is 76.0 Å². The van der Waals surface area contributed by atoms with Gasteiger partial charge in [0.1, 0.15) is 0 Å². The number of rotatable bonds is 5. The molecular weight excluding hydrogens is 152 g/mol. The van der Waals surface area contributed by atoms with Crippen LogP contribution in [0.2, 0.25) is 0 Å². The fourth-order valence-electron chi connectivity index (χ4n) is 0.677. The minimum atomic E-state index is -0.745. The van der Waals surface area contributed by atoms with E-state index in [9.17, 15) is 4.79 Å². The summed E-state index contributed by atoms with van der Waals surface area (Å²) in [4.78, 5) is 9.37. The van der Waals surface area contributed by atoms with Crippen LogP contribution in [-0.2, 0) is 4.79 Å². The van der Waals surface area contributed by atoms with Gasteiger partial charge in [-0.3, -0.25) is 4.79 Å². The second-order valence-corrected chi connectivity index (χ2v) is 2.81. The Balaban J connectivity index is 0. The van der Waals surface area contributed by atoms with Gasteiger partial charge in [-0.1, -0.05) is 52.9 Å². The summed E-state index contributed by atoms with van der Waals surface area (Å²) in [6.45, 7) is 6.09. The van der Waals surface area contributed by atoms with Gasteiger partial charge in [0.25, 0.3) is 0 Å². The van der Waals surface area contributed by atoms with E-state index >= 15 is 0 Å². The number of carbonyl (C=O) groups is 1. The molecule has 0 spiro atoms. The zero-order chi connectivity index (χ0) is 9.82. The molecule has 0 atom stereocenters. The number of unbranched alkanes of at least 4 members (excludes halogenated alkanes) is 4. The van der Waals surface area contributed by atoms with Gasteiger partial charge in [-0.15, -0.1) is 0 Å². The van der Waals surface area contributed by atoms with Crippen LogP contribution in [0.3, 0.4) is 0 Å². The van der Waals surface area contributed by atoms with Gasteiger partial charge < -0.3 is 5.11 Å². The summed E-state index contributed by atoms with van der Waals surface area (Å²) in [5.74, 6) is -0.745. The van der Waals surface area contributed by atoms with Crippen LogP contribution in [0.15, 0.2) is 0 Å². The zero-order valence-electron chi connectivity index (χ0n) is 8.60. The fraction of sp³-hybridized carbons (Fsp3) is 0.900. The molecule has 0 bridgehead atoms. The number of hydrogen-bond acceptors (Lipinski definition) is 1. The average molecular weight is 174 g/mol. The summed E-state index contributed by atoms with van der Waals surface area (Å²) >= 11 is 0. The summed E-state index contributed by atoms with van der Waals surface area (Å²) in [5, 5.41) is 7.72. The molecule has 0 aromatic rings. The smallest absolute Gasteiger partial charge is 0.303 e. The fourth-order valence-corrected chi connectivity index (χ4v) is 0.677. The maximum atomic E-state index is 9.37. The molecule has 0 heterocycles. The summed E-state index contributed by atoms with van der Waals surface area (Å²) in [7, 11) is 0. The Morgan fingerprint density at radius 1 is 1.00 bits per heavy atom. The van der Waals surface area contributed by atoms with E-state index in [1.165, 1.54) is 32.1 Å². The van der Waals surface area contributed by atoms with Gasteiger partial charge in [-0.25, -0.2) is 0 Å². The maximum absolute atomic E-state index is 9.37. The molecule has 74 valence electrons. The summed E-state index contributed by atoms with van der Waals surface area (Å²) < 4.78 is 0. The molecule has 0 amide bonds. The molecule has 0 aliphatic rings. The third-order valence-corrected chi connectivity index (χ3v) is 1.51. The largest absolute Gasteiger partial charge is 0.481 e. The van der Waals surface area contributed by atoms with E-state index < -0.39 is 5.97 Å². The van der Waals surface area contributed by atoms with Crippen molar-refractivity contribution in [2.45, 2.75) is 59.3 Å². The molecule has 0 fully saturated rings. The highest BCUT2D eigenvalue weighted by molar-refractivity contribution is 5.66. The first-order valence-corrected chi connectivity index (χ1v) is 4.90. The first kappa shape index (κ1) is 14.0. The van der Waals surface area contributed by atoms with Crippen molar-refractivity contribution in [3.8, 4) is 0 Å². The molecule has 0 aliphatic carbocycles. The molecule has 0 aromatic heterocycles. The standard InChI is InChI=1S/C7H16.C3H6O2/c1-3-5-7-6-4-2;1-2-3(4)5/h3-7H2,1-2H3;2H2,1H3,(H,4,5). The van der Waals surface area contributed by atoms with Crippen molar-refractivity contribution >= 4 is 5.97 Å². The molecule has 0 unspecified atom stereocenters. The van der Waals surface area contributed by atoms with E-state index in [-0.39, 0.29) is 6.42 Å². The van der Waals surface area contributed by atoms with Crippen molar-refractivity contribution < 1.29 is 9.90 Å². The summed E-state index contributed by atoms with van der Waals surface area (Å²) in [6, 6.07) is 0. The van der Waals surface area contributed by atoms with Gasteiger partial charge in [0.05, 0.1) is 0 Å². The van der Waals surface area contributed by atoms with E-state index in [1.807, 2.05) is 0 Å². The van der Waals surface area contributed by atoms with Crippen molar-refractivity contribution in [2.24, 2.45) is 0 Å². The molecule has 0 radical (unpaired) electrons. The predicted octanol–water partition coefficient (Wildman–Crippen LogP) is 3.46. The first-order chi connectivity index (χ1) is 5.68.